The smallest absolute Gasteiger partial charge is 0.229 e. The van der Waals surface area contributed by atoms with Gasteiger partial charge in [-0.3, -0.25) is 0 Å². The fourth-order valence-corrected chi connectivity index (χ4v) is 4.07. The average molecular weight is 427 g/mol. The molecule has 5 atom stereocenters. The van der Waals surface area contributed by atoms with Gasteiger partial charge in [-0.1, -0.05) is 31.2 Å². The fraction of sp³-hybridized carbons (Fsp3) is 0.417. The van der Waals surface area contributed by atoms with Crippen LogP contribution in [0.5, 0.6) is 5.75 Å². The maximum atomic E-state index is 10.4. The van der Waals surface area contributed by atoms with E-state index in [2.05, 4.69) is 36.2 Å². The molecule has 1 aliphatic heterocycles. The van der Waals surface area contributed by atoms with Crippen molar-refractivity contribution in [2.24, 2.45) is 0 Å². The first-order valence-corrected chi connectivity index (χ1v) is 10.6. The lowest BCUT2D eigenvalue weighted by atomic mass is 9.99. The van der Waals surface area contributed by atoms with E-state index < -0.39 is 37.3 Å². The van der Waals surface area contributed by atoms with Gasteiger partial charge in [-0.15, -0.1) is 0 Å². The normalized spacial score (nSPS) is 26.3. The largest absolute Gasteiger partial charge is 0.461 e. The molecule has 7 nitrogen and oxygen atoms in total. The quantitative estimate of drug-likeness (QED) is 0.410. The van der Waals surface area contributed by atoms with Crippen molar-refractivity contribution in [2.45, 2.75) is 57.4 Å². The van der Waals surface area contributed by atoms with Crippen molar-refractivity contribution in [1.82, 2.24) is 4.98 Å². The number of benzene rings is 2. The molecule has 0 saturated carbocycles. The van der Waals surface area contributed by atoms with Crippen LogP contribution in [-0.4, -0.2) is 62.7 Å². The maximum Gasteiger partial charge on any atom is 0.229 e. The highest BCUT2D eigenvalue weighted by molar-refractivity contribution is 5.90. The Morgan fingerprint density at radius 3 is 2.39 bits per heavy atom. The number of aromatic nitrogens is 1. The molecule has 0 unspecified atom stereocenters. The topological polar surface area (TPSA) is 115 Å². The van der Waals surface area contributed by atoms with Gasteiger partial charge in [0.25, 0.3) is 0 Å². The lowest BCUT2D eigenvalue weighted by Gasteiger charge is -2.39. The zero-order valence-corrected chi connectivity index (χ0v) is 17.7. The fourth-order valence-electron chi connectivity index (χ4n) is 4.07. The molecule has 4 rings (SSSR count). The molecule has 0 spiro atoms. The van der Waals surface area contributed by atoms with Crippen molar-refractivity contribution < 1.29 is 29.9 Å². The number of nitrogens with one attached hydrogen (secondary N) is 1. The SMILES string of the molecule is CCc1ccc(Cc2c[nH]c3cc(C)cc(O[C@@H]4O[C@H](CO)[C@@H](O)[C@H](O)[C@H]4O)c23)cc1. The summed E-state index contributed by atoms with van der Waals surface area (Å²) in [5, 5.41) is 40.8. The molecule has 3 aromatic rings. The number of aliphatic hydroxyl groups is 4. The third-order valence-corrected chi connectivity index (χ3v) is 5.89. The third kappa shape index (κ3) is 4.33. The van der Waals surface area contributed by atoms with Crippen molar-refractivity contribution >= 4 is 10.9 Å². The molecule has 7 heteroatoms. The number of aryl methyl sites for hydroxylation is 2. The van der Waals surface area contributed by atoms with Gasteiger partial charge in [0.2, 0.25) is 6.29 Å². The summed E-state index contributed by atoms with van der Waals surface area (Å²) in [5.41, 5.74) is 5.31. The Morgan fingerprint density at radius 1 is 1.00 bits per heavy atom. The lowest BCUT2D eigenvalue weighted by molar-refractivity contribution is -0.277. The van der Waals surface area contributed by atoms with Gasteiger partial charge in [0.05, 0.1) is 6.61 Å². The average Bonchev–Trinajstić information content (AvgIpc) is 3.17. The van der Waals surface area contributed by atoms with E-state index in [1.165, 1.54) is 5.56 Å². The van der Waals surface area contributed by atoms with E-state index in [1.54, 1.807) is 0 Å². The van der Waals surface area contributed by atoms with Crippen LogP contribution in [0, 0.1) is 6.92 Å². The van der Waals surface area contributed by atoms with Crippen molar-refractivity contribution in [2.75, 3.05) is 6.61 Å². The Kier molecular flexibility index (Phi) is 6.31. The Hall–Kier alpha value is -2.42. The van der Waals surface area contributed by atoms with E-state index in [-0.39, 0.29) is 0 Å². The van der Waals surface area contributed by atoms with E-state index in [1.807, 2.05) is 25.3 Å². The van der Waals surface area contributed by atoms with Crippen LogP contribution in [0.2, 0.25) is 0 Å². The van der Waals surface area contributed by atoms with Crippen LogP contribution in [0.15, 0.2) is 42.6 Å². The number of hydrogen-bond acceptors (Lipinski definition) is 6. The second-order valence-corrected chi connectivity index (χ2v) is 8.16. The van der Waals surface area contributed by atoms with Crippen LogP contribution < -0.4 is 4.74 Å². The minimum atomic E-state index is -1.49. The summed E-state index contributed by atoms with van der Waals surface area (Å²) in [6.07, 6.45) is -3.00. The zero-order chi connectivity index (χ0) is 22.1. The molecule has 1 saturated heterocycles. The summed E-state index contributed by atoms with van der Waals surface area (Å²) < 4.78 is 11.6. The maximum absolute atomic E-state index is 10.4. The summed E-state index contributed by atoms with van der Waals surface area (Å²) in [7, 11) is 0. The minimum Gasteiger partial charge on any atom is -0.461 e. The molecular weight excluding hydrogens is 398 g/mol. The molecule has 1 aliphatic rings. The molecule has 0 bridgehead atoms. The summed E-state index contributed by atoms with van der Waals surface area (Å²) >= 11 is 0. The summed E-state index contributed by atoms with van der Waals surface area (Å²) in [6.45, 7) is 3.56. The predicted octanol–water partition coefficient (Wildman–Crippen LogP) is 1.81. The van der Waals surface area contributed by atoms with Gasteiger partial charge in [-0.05, 0) is 54.2 Å². The van der Waals surface area contributed by atoms with Crippen LogP contribution in [0.1, 0.15) is 29.2 Å². The Balaban J connectivity index is 1.66. The Labute approximate surface area is 180 Å². The van der Waals surface area contributed by atoms with E-state index in [4.69, 9.17) is 9.47 Å². The van der Waals surface area contributed by atoms with Gasteiger partial charge in [0.15, 0.2) is 0 Å². The van der Waals surface area contributed by atoms with Gasteiger partial charge in [0.1, 0.15) is 30.2 Å². The molecule has 166 valence electrons. The van der Waals surface area contributed by atoms with Gasteiger partial charge in [-0.25, -0.2) is 0 Å². The summed E-state index contributed by atoms with van der Waals surface area (Å²) in [5.74, 6) is 0.501. The van der Waals surface area contributed by atoms with Crippen LogP contribution in [0.25, 0.3) is 10.9 Å². The molecule has 0 amide bonds. The van der Waals surface area contributed by atoms with Crippen LogP contribution >= 0.6 is 0 Å². The molecular formula is C24H29NO6. The molecule has 0 radical (unpaired) electrons. The number of fused-ring (bicyclic) bond motifs is 1. The predicted molar refractivity (Wildman–Crippen MR) is 116 cm³/mol. The highest BCUT2D eigenvalue weighted by Gasteiger charge is 2.44. The molecule has 31 heavy (non-hydrogen) atoms. The van der Waals surface area contributed by atoms with Crippen LogP contribution in [-0.2, 0) is 17.6 Å². The van der Waals surface area contributed by atoms with E-state index in [0.717, 1.165) is 34.0 Å². The monoisotopic (exact) mass is 427 g/mol. The van der Waals surface area contributed by atoms with E-state index in [0.29, 0.717) is 12.2 Å². The third-order valence-electron chi connectivity index (χ3n) is 5.89. The van der Waals surface area contributed by atoms with Crippen LogP contribution in [0.3, 0.4) is 0 Å². The van der Waals surface area contributed by atoms with E-state index in [9.17, 15) is 20.4 Å². The van der Waals surface area contributed by atoms with Crippen molar-refractivity contribution in [3.05, 3.63) is 64.8 Å². The van der Waals surface area contributed by atoms with Crippen molar-refractivity contribution in [3.63, 3.8) is 0 Å². The first-order chi connectivity index (χ1) is 14.9. The molecule has 2 aromatic carbocycles. The lowest BCUT2D eigenvalue weighted by Crippen LogP contribution is -2.60. The standard InChI is InChI=1S/C24H29NO6/c1-3-14-4-6-15(7-5-14)10-16-11-25-17-8-13(2)9-18(20(16)17)30-24-23(29)22(28)21(27)19(12-26)31-24/h4-9,11,19,21-29H,3,10,12H2,1-2H3/t19-,21-,22+,23-,24-/m1/s1. The second-order valence-electron chi connectivity index (χ2n) is 8.16. The highest BCUT2D eigenvalue weighted by Crippen LogP contribution is 2.34. The first-order valence-electron chi connectivity index (χ1n) is 10.6. The Morgan fingerprint density at radius 2 is 1.71 bits per heavy atom. The number of rotatable bonds is 6. The number of H-pyrrole nitrogens is 1. The number of hydrogen-bond donors (Lipinski definition) is 5. The molecule has 0 aliphatic carbocycles. The summed E-state index contributed by atoms with van der Waals surface area (Å²) in [4.78, 5) is 3.28. The first kappa shape index (κ1) is 21.8. The van der Waals surface area contributed by atoms with Crippen LogP contribution in [0.4, 0.5) is 0 Å². The number of aromatic amines is 1. The van der Waals surface area contributed by atoms with Crippen molar-refractivity contribution in [3.8, 4) is 5.75 Å². The summed E-state index contributed by atoms with van der Waals surface area (Å²) in [6, 6.07) is 12.3. The second kappa shape index (κ2) is 8.98. The molecule has 1 aromatic heterocycles. The Bertz CT molecular complexity index is 1030. The van der Waals surface area contributed by atoms with Gasteiger partial charge in [0, 0.05) is 17.1 Å². The van der Waals surface area contributed by atoms with E-state index >= 15 is 0 Å². The zero-order valence-electron chi connectivity index (χ0n) is 17.7. The number of aliphatic hydroxyl groups excluding tert-OH is 4. The van der Waals surface area contributed by atoms with Crippen molar-refractivity contribution in [1.29, 1.82) is 0 Å². The van der Waals surface area contributed by atoms with Gasteiger partial charge in [-0.2, -0.15) is 0 Å². The minimum absolute atomic E-state index is 0.501. The van der Waals surface area contributed by atoms with Gasteiger partial charge >= 0.3 is 0 Å². The molecule has 5 N–H and O–H groups in total. The van der Waals surface area contributed by atoms with Gasteiger partial charge < -0.3 is 34.9 Å². The molecule has 2 heterocycles. The molecule has 1 fully saturated rings. The highest BCUT2D eigenvalue weighted by atomic mass is 16.7. The number of ether oxygens (including phenoxy) is 2.